The highest BCUT2D eigenvalue weighted by molar-refractivity contribution is 5.78. The van der Waals surface area contributed by atoms with Crippen LogP contribution in [-0.4, -0.2) is 21.6 Å². The van der Waals surface area contributed by atoms with Gasteiger partial charge in [-0.2, -0.15) is 0 Å². The van der Waals surface area contributed by atoms with Crippen LogP contribution >= 0.6 is 0 Å². The van der Waals surface area contributed by atoms with Crippen molar-refractivity contribution < 1.29 is 4.74 Å². The average Bonchev–Trinajstić information content (AvgIpc) is 2.85. The van der Waals surface area contributed by atoms with Crippen LogP contribution in [-0.2, 0) is 13.1 Å². The third kappa shape index (κ3) is 2.23. The summed E-state index contributed by atoms with van der Waals surface area (Å²) in [5.74, 6) is 1.66. The number of nitrogens with zero attached hydrogens (tertiary/aromatic N) is 3. The van der Waals surface area contributed by atoms with Gasteiger partial charge in [-0.3, -0.25) is 4.98 Å². The minimum atomic E-state index is 0.400. The number of benzene rings is 1. The highest BCUT2D eigenvalue weighted by Crippen LogP contribution is 2.22. The van der Waals surface area contributed by atoms with Gasteiger partial charge in [0.2, 0.25) is 0 Å². The van der Waals surface area contributed by atoms with Crippen molar-refractivity contribution in [1.82, 2.24) is 14.5 Å². The number of pyridine rings is 1. The van der Waals surface area contributed by atoms with Crippen LogP contribution in [0.25, 0.3) is 11.0 Å². The molecule has 0 fully saturated rings. The minimum absolute atomic E-state index is 0.400. The zero-order valence-electron chi connectivity index (χ0n) is 11.3. The number of hydrogen-bond donors (Lipinski definition) is 1. The first-order valence-corrected chi connectivity index (χ1v) is 6.44. The van der Waals surface area contributed by atoms with Crippen LogP contribution in [0, 0.1) is 0 Å². The minimum Gasteiger partial charge on any atom is -0.497 e. The molecule has 20 heavy (non-hydrogen) atoms. The number of ether oxygens (including phenoxy) is 1. The molecular formula is C15H16N4O. The van der Waals surface area contributed by atoms with E-state index < -0.39 is 0 Å². The van der Waals surface area contributed by atoms with Crippen LogP contribution in [0.2, 0.25) is 0 Å². The fourth-order valence-electron chi connectivity index (χ4n) is 2.29. The Labute approximate surface area is 117 Å². The van der Waals surface area contributed by atoms with E-state index in [0.29, 0.717) is 13.1 Å². The quantitative estimate of drug-likeness (QED) is 0.785. The van der Waals surface area contributed by atoms with Crippen molar-refractivity contribution in [3.8, 4) is 5.75 Å². The number of hydrogen-bond acceptors (Lipinski definition) is 4. The van der Waals surface area contributed by atoms with Gasteiger partial charge in [0, 0.05) is 18.5 Å². The second-order valence-corrected chi connectivity index (χ2v) is 4.53. The first-order valence-electron chi connectivity index (χ1n) is 6.44. The Balaban J connectivity index is 2.08. The summed E-state index contributed by atoms with van der Waals surface area (Å²) < 4.78 is 7.35. The lowest BCUT2D eigenvalue weighted by Gasteiger charge is -2.08. The van der Waals surface area contributed by atoms with Gasteiger partial charge >= 0.3 is 0 Å². The molecule has 0 saturated carbocycles. The Hall–Kier alpha value is -2.40. The summed E-state index contributed by atoms with van der Waals surface area (Å²) in [5, 5.41) is 0. The molecule has 5 heteroatoms. The Morgan fingerprint density at radius 1 is 1.30 bits per heavy atom. The summed E-state index contributed by atoms with van der Waals surface area (Å²) in [4.78, 5) is 8.72. The fraction of sp³-hybridized carbons (Fsp3) is 0.200. The molecule has 5 nitrogen and oxygen atoms in total. The number of imidazole rings is 1. The molecule has 0 bridgehead atoms. The first-order chi connectivity index (χ1) is 9.81. The maximum atomic E-state index is 5.81. The summed E-state index contributed by atoms with van der Waals surface area (Å²) >= 11 is 0. The topological polar surface area (TPSA) is 66.0 Å². The fourth-order valence-corrected chi connectivity index (χ4v) is 2.29. The lowest BCUT2D eigenvalue weighted by molar-refractivity contribution is 0.415. The third-order valence-electron chi connectivity index (χ3n) is 3.28. The molecule has 1 aromatic carbocycles. The molecule has 2 aromatic heterocycles. The maximum absolute atomic E-state index is 5.81. The molecule has 0 unspecified atom stereocenters. The zero-order valence-corrected chi connectivity index (χ0v) is 11.3. The molecular weight excluding hydrogens is 252 g/mol. The highest BCUT2D eigenvalue weighted by Gasteiger charge is 2.10. The van der Waals surface area contributed by atoms with E-state index in [0.717, 1.165) is 28.2 Å². The van der Waals surface area contributed by atoms with E-state index in [1.54, 1.807) is 13.3 Å². The Bertz CT molecular complexity index is 721. The van der Waals surface area contributed by atoms with Crippen molar-refractivity contribution in [3.63, 3.8) is 0 Å². The van der Waals surface area contributed by atoms with Crippen LogP contribution in [0.1, 0.15) is 11.4 Å². The SMILES string of the molecule is COc1ccc2c(c1)nc(CN)n2Cc1cccnc1. The molecule has 0 atom stereocenters. The van der Waals surface area contributed by atoms with Gasteiger partial charge in [0.1, 0.15) is 11.6 Å². The van der Waals surface area contributed by atoms with Gasteiger partial charge in [0.05, 0.1) is 31.2 Å². The molecule has 3 aromatic rings. The van der Waals surface area contributed by atoms with Gasteiger partial charge in [-0.25, -0.2) is 4.98 Å². The van der Waals surface area contributed by atoms with Crippen molar-refractivity contribution in [1.29, 1.82) is 0 Å². The number of aromatic nitrogens is 3. The van der Waals surface area contributed by atoms with Crippen LogP contribution < -0.4 is 10.5 Å². The molecule has 0 radical (unpaired) electrons. The van der Waals surface area contributed by atoms with E-state index in [-0.39, 0.29) is 0 Å². The first kappa shape index (κ1) is 12.6. The number of nitrogens with two attached hydrogens (primary N) is 1. The molecule has 3 rings (SSSR count). The summed E-state index contributed by atoms with van der Waals surface area (Å²) in [5.41, 5.74) is 8.88. The van der Waals surface area contributed by atoms with E-state index in [9.17, 15) is 0 Å². The monoisotopic (exact) mass is 268 g/mol. The van der Waals surface area contributed by atoms with Gasteiger partial charge in [-0.05, 0) is 23.8 Å². The summed E-state index contributed by atoms with van der Waals surface area (Å²) in [7, 11) is 1.65. The van der Waals surface area contributed by atoms with E-state index in [2.05, 4.69) is 14.5 Å². The highest BCUT2D eigenvalue weighted by atomic mass is 16.5. The number of fused-ring (bicyclic) bond motifs is 1. The summed E-state index contributed by atoms with van der Waals surface area (Å²) in [6.07, 6.45) is 3.62. The summed E-state index contributed by atoms with van der Waals surface area (Å²) in [6.45, 7) is 1.11. The zero-order chi connectivity index (χ0) is 13.9. The number of rotatable bonds is 4. The van der Waals surface area contributed by atoms with Crippen LogP contribution in [0.5, 0.6) is 5.75 Å². The van der Waals surface area contributed by atoms with Crippen molar-refractivity contribution in [2.24, 2.45) is 5.73 Å². The summed E-state index contributed by atoms with van der Waals surface area (Å²) in [6, 6.07) is 9.84. The van der Waals surface area contributed by atoms with Gasteiger partial charge in [-0.1, -0.05) is 6.07 Å². The standard InChI is InChI=1S/C15H16N4O/c1-20-12-4-5-14-13(7-12)18-15(8-16)19(14)10-11-3-2-6-17-9-11/h2-7,9H,8,10,16H2,1H3. The third-order valence-corrected chi connectivity index (χ3v) is 3.28. The molecule has 0 aliphatic carbocycles. The van der Waals surface area contributed by atoms with E-state index in [4.69, 9.17) is 10.5 Å². The van der Waals surface area contributed by atoms with Crippen molar-refractivity contribution in [2.75, 3.05) is 7.11 Å². The van der Waals surface area contributed by atoms with E-state index in [1.807, 2.05) is 36.5 Å². The van der Waals surface area contributed by atoms with Crippen molar-refractivity contribution in [2.45, 2.75) is 13.1 Å². The van der Waals surface area contributed by atoms with Gasteiger partial charge in [0.15, 0.2) is 0 Å². The Kier molecular flexibility index (Phi) is 3.35. The lowest BCUT2D eigenvalue weighted by Crippen LogP contribution is -2.09. The molecule has 0 amide bonds. The average molecular weight is 268 g/mol. The normalized spacial score (nSPS) is 10.9. The largest absolute Gasteiger partial charge is 0.497 e. The smallest absolute Gasteiger partial charge is 0.123 e. The molecule has 102 valence electrons. The Morgan fingerprint density at radius 3 is 2.90 bits per heavy atom. The molecule has 2 N–H and O–H groups in total. The molecule has 0 saturated heterocycles. The molecule has 2 heterocycles. The molecule has 0 aliphatic heterocycles. The van der Waals surface area contributed by atoms with Crippen LogP contribution in [0.3, 0.4) is 0 Å². The van der Waals surface area contributed by atoms with Crippen LogP contribution in [0.15, 0.2) is 42.7 Å². The number of methoxy groups -OCH3 is 1. The van der Waals surface area contributed by atoms with Crippen molar-refractivity contribution >= 4 is 11.0 Å². The maximum Gasteiger partial charge on any atom is 0.123 e. The van der Waals surface area contributed by atoms with Crippen molar-refractivity contribution in [3.05, 3.63) is 54.1 Å². The van der Waals surface area contributed by atoms with Gasteiger partial charge in [0.25, 0.3) is 0 Å². The molecule has 0 aliphatic rings. The van der Waals surface area contributed by atoms with Gasteiger partial charge in [-0.15, -0.1) is 0 Å². The van der Waals surface area contributed by atoms with E-state index in [1.165, 1.54) is 0 Å². The van der Waals surface area contributed by atoms with E-state index >= 15 is 0 Å². The second kappa shape index (κ2) is 5.30. The second-order valence-electron chi connectivity index (χ2n) is 4.53. The Morgan fingerprint density at radius 2 is 2.20 bits per heavy atom. The molecule has 0 spiro atoms. The van der Waals surface area contributed by atoms with Gasteiger partial charge < -0.3 is 15.0 Å². The lowest BCUT2D eigenvalue weighted by atomic mass is 10.2. The van der Waals surface area contributed by atoms with Crippen LogP contribution in [0.4, 0.5) is 0 Å². The predicted octanol–water partition coefficient (Wildman–Crippen LogP) is 1.95. The predicted molar refractivity (Wildman–Crippen MR) is 77.5 cm³/mol.